The van der Waals surface area contributed by atoms with E-state index in [0.29, 0.717) is 11.6 Å². The third-order valence-corrected chi connectivity index (χ3v) is 3.48. The molecule has 2 heterocycles. The fraction of sp³-hybridized carbons (Fsp3) is 0.200. The van der Waals surface area contributed by atoms with Gasteiger partial charge in [-0.25, -0.2) is 4.39 Å². The second-order valence-electron chi connectivity index (χ2n) is 4.87. The molecule has 1 aromatic carbocycles. The van der Waals surface area contributed by atoms with E-state index in [9.17, 15) is 4.39 Å². The van der Waals surface area contributed by atoms with Crippen LogP contribution in [-0.4, -0.2) is 14.6 Å². The van der Waals surface area contributed by atoms with Crippen molar-refractivity contribution in [2.75, 3.05) is 0 Å². The van der Waals surface area contributed by atoms with Gasteiger partial charge in [0.25, 0.3) is 0 Å². The van der Waals surface area contributed by atoms with E-state index in [2.05, 4.69) is 15.5 Å². The minimum absolute atomic E-state index is 0.0237. The molecule has 6 heteroatoms. The van der Waals surface area contributed by atoms with Crippen molar-refractivity contribution in [3.8, 4) is 0 Å². The van der Waals surface area contributed by atoms with Crippen molar-refractivity contribution in [1.29, 1.82) is 0 Å². The van der Waals surface area contributed by atoms with Crippen LogP contribution in [-0.2, 0) is 6.54 Å². The Balaban J connectivity index is 1.75. The van der Waals surface area contributed by atoms with Crippen LogP contribution < -0.4 is 5.32 Å². The summed E-state index contributed by atoms with van der Waals surface area (Å²) in [6.45, 7) is 2.49. The van der Waals surface area contributed by atoms with Gasteiger partial charge in [0.1, 0.15) is 5.82 Å². The second-order valence-corrected chi connectivity index (χ2v) is 5.30. The summed E-state index contributed by atoms with van der Waals surface area (Å²) in [6.07, 6.45) is 1.92. The highest BCUT2D eigenvalue weighted by Gasteiger charge is 2.12. The Labute approximate surface area is 126 Å². The highest BCUT2D eigenvalue weighted by molar-refractivity contribution is 6.30. The van der Waals surface area contributed by atoms with Gasteiger partial charge in [0.2, 0.25) is 0 Å². The molecule has 1 unspecified atom stereocenters. The summed E-state index contributed by atoms with van der Waals surface area (Å²) in [5.41, 5.74) is 1.59. The summed E-state index contributed by atoms with van der Waals surface area (Å²) in [5.74, 6) is 0.480. The van der Waals surface area contributed by atoms with E-state index in [-0.39, 0.29) is 11.9 Å². The van der Waals surface area contributed by atoms with Crippen molar-refractivity contribution in [3.05, 3.63) is 64.8 Å². The predicted octanol–water partition coefficient (Wildman–Crippen LogP) is 3.37. The lowest BCUT2D eigenvalue weighted by atomic mass is 10.2. The molecule has 0 fully saturated rings. The normalized spacial score (nSPS) is 12.7. The summed E-state index contributed by atoms with van der Waals surface area (Å²) in [6, 6.07) is 10.2. The number of rotatable bonds is 4. The number of nitrogens with one attached hydrogen (secondary N) is 1. The molecule has 21 heavy (non-hydrogen) atoms. The van der Waals surface area contributed by atoms with Gasteiger partial charge in [0, 0.05) is 17.8 Å². The molecule has 3 rings (SSSR count). The molecule has 0 radical (unpaired) electrons. The van der Waals surface area contributed by atoms with E-state index in [4.69, 9.17) is 11.6 Å². The molecule has 0 saturated carbocycles. The summed E-state index contributed by atoms with van der Waals surface area (Å²) < 4.78 is 15.2. The van der Waals surface area contributed by atoms with E-state index in [1.165, 1.54) is 12.1 Å². The van der Waals surface area contributed by atoms with E-state index < -0.39 is 0 Å². The Bertz CT molecular complexity index is 751. The van der Waals surface area contributed by atoms with Gasteiger partial charge in [-0.3, -0.25) is 4.40 Å². The van der Waals surface area contributed by atoms with E-state index >= 15 is 0 Å². The molecule has 108 valence electrons. The first-order valence-electron chi connectivity index (χ1n) is 6.61. The average molecular weight is 305 g/mol. The molecule has 0 saturated heterocycles. The topological polar surface area (TPSA) is 42.2 Å². The molecular weight excluding hydrogens is 291 g/mol. The predicted molar refractivity (Wildman–Crippen MR) is 79.7 cm³/mol. The van der Waals surface area contributed by atoms with Crippen LogP contribution in [0.4, 0.5) is 4.39 Å². The van der Waals surface area contributed by atoms with Gasteiger partial charge in [0.15, 0.2) is 11.5 Å². The van der Waals surface area contributed by atoms with E-state index in [1.54, 1.807) is 6.07 Å². The maximum absolute atomic E-state index is 13.3. The van der Waals surface area contributed by atoms with Gasteiger partial charge in [-0.1, -0.05) is 17.7 Å². The van der Waals surface area contributed by atoms with Crippen LogP contribution in [0.15, 0.2) is 42.6 Å². The molecule has 0 aliphatic carbocycles. The maximum atomic E-state index is 13.3. The van der Waals surface area contributed by atoms with Crippen LogP contribution in [0.5, 0.6) is 0 Å². The zero-order valence-corrected chi connectivity index (χ0v) is 12.2. The quantitative estimate of drug-likeness (QED) is 0.803. The Hall–Kier alpha value is -1.98. The SMILES string of the molecule is CC(NCc1cc(F)cc(Cl)c1)c1nnc2ccccn12. The number of halogens is 2. The molecule has 4 nitrogen and oxygen atoms in total. The monoisotopic (exact) mass is 304 g/mol. The highest BCUT2D eigenvalue weighted by atomic mass is 35.5. The first kappa shape index (κ1) is 14.0. The number of hydrogen-bond donors (Lipinski definition) is 1. The zero-order chi connectivity index (χ0) is 14.8. The lowest BCUT2D eigenvalue weighted by Crippen LogP contribution is -2.20. The lowest BCUT2D eigenvalue weighted by Gasteiger charge is -2.12. The number of aromatic nitrogens is 3. The van der Waals surface area contributed by atoms with E-state index in [1.807, 2.05) is 35.7 Å². The fourth-order valence-electron chi connectivity index (χ4n) is 2.23. The minimum atomic E-state index is -0.333. The standard InChI is InChI=1S/C15H14ClFN4/c1-10(15-20-19-14-4-2-3-5-21(14)15)18-9-11-6-12(16)8-13(17)7-11/h2-8,10,18H,9H2,1H3. The van der Waals surface area contributed by atoms with Crippen LogP contribution in [0, 0.1) is 5.82 Å². The van der Waals surface area contributed by atoms with Crippen LogP contribution in [0.3, 0.4) is 0 Å². The first-order chi connectivity index (χ1) is 10.1. The summed E-state index contributed by atoms with van der Waals surface area (Å²) in [5, 5.41) is 12.0. The third kappa shape index (κ3) is 3.04. The zero-order valence-electron chi connectivity index (χ0n) is 11.4. The van der Waals surface area contributed by atoms with Gasteiger partial charge in [-0.05, 0) is 42.8 Å². The van der Waals surface area contributed by atoms with E-state index in [0.717, 1.165) is 17.0 Å². The van der Waals surface area contributed by atoms with Crippen LogP contribution in [0.2, 0.25) is 5.02 Å². The van der Waals surface area contributed by atoms with Gasteiger partial charge >= 0.3 is 0 Å². The molecule has 1 N–H and O–H groups in total. The lowest BCUT2D eigenvalue weighted by molar-refractivity contribution is 0.539. The average Bonchev–Trinajstić information content (AvgIpc) is 2.88. The number of hydrogen-bond acceptors (Lipinski definition) is 3. The first-order valence-corrected chi connectivity index (χ1v) is 6.99. The molecule has 0 aliphatic rings. The van der Waals surface area contributed by atoms with Crippen LogP contribution >= 0.6 is 11.6 Å². The van der Waals surface area contributed by atoms with Crippen molar-refractivity contribution in [1.82, 2.24) is 19.9 Å². The van der Waals surface area contributed by atoms with Gasteiger partial charge in [-0.15, -0.1) is 10.2 Å². The third-order valence-electron chi connectivity index (χ3n) is 3.26. The number of nitrogens with zero attached hydrogens (tertiary/aromatic N) is 3. The number of pyridine rings is 1. The van der Waals surface area contributed by atoms with Crippen molar-refractivity contribution in [3.63, 3.8) is 0 Å². The Morgan fingerprint density at radius 1 is 1.29 bits per heavy atom. The molecule has 2 aromatic heterocycles. The molecule has 0 aliphatic heterocycles. The Morgan fingerprint density at radius 2 is 2.14 bits per heavy atom. The summed E-state index contributed by atoms with van der Waals surface area (Å²) >= 11 is 5.85. The highest BCUT2D eigenvalue weighted by Crippen LogP contribution is 2.16. The van der Waals surface area contributed by atoms with Gasteiger partial charge < -0.3 is 5.32 Å². The van der Waals surface area contributed by atoms with Crippen LogP contribution in [0.1, 0.15) is 24.4 Å². The van der Waals surface area contributed by atoms with Crippen molar-refractivity contribution >= 4 is 17.2 Å². The number of benzene rings is 1. The minimum Gasteiger partial charge on any atom is -0.303 e. The molecule has 0 spiro atoms. The molecule has 0 amide bonds. The Kier molecular flexibility index (Phi) is 3.86. The molecular formula is C15H14ClFN4. The molecule has 1 atom stereocenters. The second kappa shape index (κ2) is 5.79. The molecule has 3 aromatic rings. The van der Waals surface area contributed by atoms with Gasteiger partial charge in [0.05, 0.1) is 6.04 Å². The summed E-state index contributed by atoms with van der Waals surface area (Å²) in [4.78, 5) is 0. The van der Waals surface area contributed by atoms with Crippen LogP contribution in [0.25, 0.3) is 5.65 Å². The number of fused-ring (bicyclic) bond motifs is 1. The summed E-state index contributed by atoms with van der Waals surface area (Å²) in [7, 11) is 0. The van der Waals surface area contributed by atoms with Gasteiger partial charge in [-0.2, -0.15) is 0 Å². The fourth-order valence-corrected chi connectivity index (χ4v) is 2.47. The van der Waals surface area contributed by atoms with Crippen molar-refractivity contribution in [2.24, 2.45) is 0 Å². The van der Waals surface area contributed by atoms with Crippen molar-refractivity contribution < 1.29 is 4.39 Å². The maximum Gasteiger partial charge on any atom is 0.160 e. The Morgan fingerprint density at radius 3 is 2.95 bits per heavy atom. The largest absolute Gasteiger partial charge is 0.303 e. The molecule has 0 bridgehead atoms. The van der Waals surface area contributed by atoms with Crippen molar-refractivity contribution in [2.45, 2.75) is 19.5 Å². The smallest absolute Gasteiger partial charge is 0.160 e.